The summed E-state index contributed by atoms with van der Waals surface area (Å²) in [5.74, 6) is 0.678. The van der Waals surface area contributed by atoms with E-state index in [9.17, 15) is 20.4 Å². The van der Waals surface area contributed by atoms with Crippen LogP contribution in [0.25, 0.3) is 10.8 Å². The maximum atomic E-state index is 11.0. The van der Waals surface area contributed by atoms with Crippen LogP contribution in [0, 0.1) is 0 Å². The topological polar surface area (TPSA) is 80.9 Å². The van der Waals surface area contributed by atoms with Crippen LogP contribution in [0.4, 0.5) is 0 Å². The van der Waals surface area contributed by atoms with Crippen molar-refractivity contribution in [2.75, 3.05) is 0 Å². The Labute approximate surface area is 162 Å². The fourth-order valence-corrected chi connectivity index (χ4v) is 3.48. The van der Waals surface area contributed by atoms with E-state index in [4.69, 9.17) is 0 Å². The van der Waals surface area contributed by atoms with Gasteiger partial charge in [-0.2, -0.15) is 0 Å². The summed E-state index contributed by atoms with van der Waals surface area (Å²) >= 11 is 0. The van der Waals surface area contributed by atoms with Crippen LogP contribution in [0.5, 0.6) is 23.0 Å². The molecule has 140 valence electrons. The van der Waals surface area contributed by atoms with E-state index >= 15 is 0 Å². The summed E-state index contributed by atoms with van der Waals surface area (Å²) < 4.78 is 0. The Balaban J connectivity index is 1.78. The number of fused-ring (bicyclic) bond motifs is 1. The van der Waals surface area contributed by atoms with Crippen molar-refractivity contribution in [1.29, 1.82) is 0 Å². The molecule has 0 amide bonds. The fourth-order valence-electron chi connectivity index (χ4n) is 3.48. The summed E-state index contributed by atoms with van der Waals surface area (Å²) in [4.78, 5) is 0. The molecule has 4 N–H and O–H groups in total. The summed E-state index contributed by atoms with van der Waals surface area (Å²) in [6.45, 7) is 0. The van der Waals surface area contributed by atoms with Crippen molar-refractivity contribution in [3.05, 3.63) is 95.1 Å². The minimum Gasteiger partial charge on any atom is -0.508 e. The standard InChI is InChI=1S/C24H20O4/c25-19-7-1-15(2-8-19)13-17-6-12-22(27)21-11-5-18(24(28)23(17)21)14-16-3-9-20(26)10-4-16/h1-12,25-28H,13-14H2. The molecule has 0 aliphatic rings. The van der Waals surface area contributed by atoms with E-state index in [0.29, 0.717) is 23.6 Å². The largest absolute Gasteiger partial charge is 0.508 e. The van der Waals surface area contributed by atoms with Gasteiger partial charge in [0.25, 0.3) is 0 Å². The second kappa shape index (κ2) is 7.16. The Morgan fingerprint density at radius 1 is 0.500 bits per heavy atom. The predicted molar refractivity (Wildman–Crippen MR) is 109 cm³/mol. The first-order valence-electron chi connectivity index (χ1n) is 9.02. The average Bonchev–Trinajstić information content (AvgIpc) is 2.69. The smallest absolute Gasteiger partial charge is 0.127 e. The molecule has 0 atom stereocenters. The van der Waals surface area contributed by atoms with Crippen molar-refractivity contribution in [1.82, 2.24) is 0 Å². The molecule has 4 aromatic carbocycles. The summed E-state index contributed by atoms with van der Waals surface area (Å²) in [7, 11) is 0. The van der Waals surface area contributed by atoms with Crippen molar-refractivity contribution in [2.45, 2.75) is 12.8 Å². The van der Waals surface area contributed by atoms with Gasteiger partial charge >= 0.3 is 0 Å². The Hall–Kier alpha value is -3.66. The van der Waals surface area contributed by atoms with Gasteiger partial charge in [0.1, 0.15) is 23.0 Å². The lowest BCUT2D eigenvalue weighted by Gasteiger charge is -2.14. The van der Waals surface area contributed by atoms with Crippen LogP contribution in [0.2, 0.25) is 0 Å². The minimum atomic E-state index is 0.121. The van der Waals surface area contributed by atoms with Crippen molar-refractivity contribution in [3.63, 3.8) is 0 Å². The third kappa shape index (κ3) is 3.45. The van der Waals surface area contributed by atoms with E-state index in [1.807, 2.05) is 42.5 Å². The summed E-state index contributed by atoms with van der Waals surface area (Å²) in [6.07, 6.45) is 1.07. The first-order chi connectivity index (χ1) is 13.5. The van der Waals surface area contributed by atoms with Gasteiger partial charge in [-0.15, -0.1) is 0 Å². The van der Waals surface area contributed by atoms with Gasteiger partial charge in [-0.05, 0) is 59.0 Å². The van der Waals surface area contributed by atoms with E-state index < -0.39 is 0 Å². The van der Waals surface area contributed by atoms with Gasteiger partial charge in [-0.25, -0.2) is 0 Å². The van der Waals surface area contributed by atoms with Crippen LogP contribution in [0.15, 0.2) is 72.8 Å². The second-order valence-electron chi connectivity index (χ2n) is 6.93. The fraction of sp³-hybridized carbons (Fsp3) is 0.0833. The maximum Gasteiger partial charge on any atom is 0.127 e. The third-order valence-electron chi connectivity index (χ3n) is 4.96. The molecule has 28 heavy (non-hydrogen) atoms. The van der Waals surface area contributed by atoms with Crippen molar-refractivity contribution in [3.8, 4) is 23.0 Å². The number of phenolic OH excluding ortho intramolecular Hbond substituents is 4. The van der Waals surface area contributed by atoms with Crippen LogP contribution in [0.1, 0.15) is 22.3 Å². The monoisotopic (exact) mass is 372 g/mol. The molecule has 0 spiro atoms. The second-order valence-corrected chi connectivity index (χ2v) is 6.93. The van der Waals surface area contributed by atoms with Gasteiger partial charge in [0, 0.05) is 17.2 Å². The molecule has 4 heteroatoms. The summed E-state index contributed by atoms with van der Waals surface area (Å²) in [5, 5.41) is 41.4. The Morgan fingerprint density at radius 2 is 1.00 bits per heavy atom. The molecule has 0 aliphatic heterocycles. The highest BCUT2D eigenvalue weighted by atomic mass is 16.3. The summed E-state index contributed by atoms with van der Waals surface area (Å²) in [5.41, 5.74) is 3.60. The Morgan fingerprint density at radius 3 is 1.57 bits per heavy atom. The summed E-state index contributed by atoms with van der Waals surface area (Å²) in [6, 6.07) is 20.9. The van der Waals surface area contributed by atoms with E-state index in [-0.39, 0.29) is 23.0 Å². The zero-order valence-corrected chi connectivity index (χ0v) is 15.1. The van der Waals surface area contributed by atoms with E-state index in [0.717, 1.165) is 22.3 Å². The molecule has 4 nitrogen and oxygen atoms in total. The third-order valence-corrected chi connectivity index (χ3v) is 4.96. The minimum absolute atomic E-state index is 0.121. The van der Waals surface area contributed by atoms with Crippen LogP contribution < -0.4 is 0 Å². The van der Waals surface area contributed by atoms with Gasteiger partial charge in [-0.3, -0.25) is 0 Å². The Bertz CT molecular complexity index is 1130. The van der Waals surface area contributed by atoms with Crippen LogP contribution >= 0.6 is 0 Å². The number of hydrogen-bond donors (Lipinski definition) is 4. The average molecular weight is 372 g/mol. The number of phenols is 4. The van der Waals surface area contributed by atoms with Crippen LogP contribution in [-0.2, 0) is 12.8 Å². The van der Waals surface area contributed by atoms with Crippen LogP contribution in [-0.4, -0.2) is 20.4 Å². The zero-order valence-electron chi connectivity index (χ0n) is 15.1. The van der Waals surface area contributed by atoms with Crippen molar-refractivity contribution in [2.24, 2.45) is 0 Å². The van der Waals surface area contributed by atoms with E-state index in [1.165, 1.54) is 0 Å². The molecule has 0 bridgehead atoms. The van der Waals surface area contributed by atoms with Gasteiger partial charge in [-0.1, -0.05) is 42.5 Å². The molecule has 0 radical (unpaired) electrons. The number of rotatable bonds is 4. The van der Waals surface area contributed by atoms with E-state index in [2.05, 4.69) is 0 Å². The molecule has 4 rings (SSSR count). The van der Waals surface area contributed by atoms with Gasteiger partial charge in [0.05, 0.1) is 0 Å². The number of hydrogen-bond acceptors (Lipinski definition) is 4. The molecule has 0 fully saturated rings. The van der Waals surface area contributed by atoms with Gasteiger partial charge in [0.15, 0.2) is 0 Å². The maximum absolute atomic E-state index is 11.0. The number of benzene rings is 4. The lowest BCUT2D eigenvalue weighted by Crippen LogP contribution is -1.94. The normalized spacial score (nSPS) is 11.0. The molecule has 0 aliphatic carbocycles. The van der Waals surface area contributed by atoms with Crippen molar-refractivity contribution >= 4 is 10.8 Å². The molecular weight excluding hydrogens is 352 g/mol. The molecule has 0 unspecified atom stereocenters. The SMILES string of the molecule is Oc1ccc(Cc2ccc3c(O)ccc(Cc4ccc(O)cc4)c3c2O)cc1. The molecule has 4 aromatic rings. The highest BCUT2D eigenvalue weighted by molar-refractivity contribution is 5.96. The molecule has 0 saturated heterocycles. The molecule has 0 saturated carbocycles. The first-order valence-corrected chi connectivity index (χ1v) is 9.02. The van der Waals surface area contributed by atoms with Crippen LogP contribution in [0.3, 0.4) is 0 Å². The lowest BCUT2D eigenvalue weighted by atomic mass is 9.93. The van der Waals surface area contributed by atoms with E-state index in [1.54, 1.807) is 30.3 Å². The molecular formula is C24H20O4. The lowest BCUT2D eigenvalue weighted by molar-refractivity contribution is 0.471. The van der Waals surface area contributed by atoms with Gasteiger partial charge < -0.3 is 20.4 Å². The Kier molecular flexibility index (Phi) is 4.53. The highest BCUT2D eigenvalue weighted by Crippen LogP contribution is 2.38. The predicted octanol–water partition coefficient (Wildman–Crippen LogP) is 4.84. The molecule has 0 aromatic heterocycles. The quantitative estimate of drug-likeness (QED) is 0.413. The van der Waals surface area contributed by atoms with Crippen molar-refractivity contribution < 1.29 is 20.4 Å². The first kappa shape index (κ1) is 17.7. The number of aromatic hydroxyl groups is 4. The highest BCUT2D eigenvalue weighted by Gasteiger charge is 2.14. The van der Waals surface area contributed by atoms with Gasteiger partial charge in [0.2, 0.25) is 0 Å². The molecule has 0 heterocycles. The zero-order chi connectivity index (χ0) is 19.7.